The summed E-state index contributed by atoms with van der Waals surface area (Å²) in [5.74, 6) is -0.253. The molecule has 1 aliphatic heterocycles. The van der Waals surface area contributed by atoms with Gasteiger partial charge in [0.15, 0.2) is 0 Å². The number of amides is 2. The summed E-state index contributed by atoms with van der Waals surface area (Å²) in [6.45, 7) is 1.49. The predicted octanol–water partition coefficient (Wildman–Crippen LogP) is 3.11. The van der Waals surface area contributed by atoms with Crippen molar-refractivity contribution in [1.82, 2.24) is 14.9 Å². The number of hydrogen-bond donors (Lipinski definition) is 3. The summed E-state index contributed by atoms with van der Waals surface area (Å²) in [7, 11) is 0. The maximum Gasteiger partial charge on any atom is 0.315 e. The SMILES string of the molecule is CC(CF)Nc1nc2c(c([C@@H](CO)c3ccc(Cl)c(Cl)c3)n1)CCN(C(N)=O)C2. The molecule has 0 radical (unpaired) electrons. The normalized spacial score (nSPS) is 15.6. The minimum absolute atomic E-state index is 0.221. The summed E-state index contributed by atoms with van der Waals surface area (Å²) in [6.07, 6.45) is 0.490. The number of nitrogens with two attached hydrogens (primary N) is 1. The lowest BCUT2D eigenvalue weighted by Crippen LogP contribution is -2.40. The van der Waals surface area contributed by atoms with Gasteiger partial charge in [0.25, 0.3) is 0 Å². The number of aliphatic hydroxyl groups excluding tert-OH is 1. The topological polar surface area (TPSA) is 104 Å². The molecule has 0 saturated carbocycles. The monoisotopic (exact) mass is 441 g/mol. The number of hydrogen-bond acceptors (Lipinski definition) is 5. The lowest BCUT2D eigenvalue weighted by molar-refractivity contribution is 0.200. The van der Waals surface area contributed by atoms with E-state index in [2.05, 4.69) is 15.3 Å². The van der Waals surface area contributed by atoms with Gasteiger partial charge < -0.3 is 21.1 Å². The van der Waals surface area contributed by atoms with Crippen LogP contribution in [0.4, 0.5) is 15.1 Å². The molecule has 1 aliphatic rings. The number of urea groups is 1. The van der Waals surface area contributed by atoms with Crippen LogP contribution in [-0.2, 0) is 13.0 Å². The lowest BCUT2D eigenvalue weighted by Gasteiger charge is -2.30. The number of primary amides is 1. The Morgan fingerprint density at radius 1 is 1.38 bits per heavy atom. The molecule has 0 aliphatic carbocycles. The van der Waals surface area contributed by atoms with Gasteiger partial charge in [0.05, 0.1) is 40.6 Å². The number of halogens is 3. The van der Waals surface area contributed by atoms with Crippen LogP contribution >= 0.6 is 23.2 Å². The van der Waals surface area contributed by atoms with Gasteiger partial charge in [0.1, 0.15) is 6.67 Å². The second-order valence-corrected chi connectivity index (χ2v) is 7.79. The first-order valence-electron chi connectivity index (χ1n) is 9.16. The van der Waals surface area contributed by atoms with E-state index in [0.717, 1.165) is 11.1 Å². The van der Waals surface area contributed by atoms with E-state index in [1.165, 1.54) is 4.90 Å². The van der Waals surface area contributed by atoms with Gasteiger partial charge in [-0.1, -0.05) is 29.3 Å². The Morgan fingerprint density at radius 3 is 2.76 bits per heavy atom. The number of aliphatic hydroxyl groups is 1. The highest BCUT2D eigenvalue weighted by atomic mass is 35.5. The highest BCUT2D eigenvalue weighted by Gasteiger charge is 2.28. The molecule has 29 heavy (non-hydrogen) atoms. The van der Waals surface area contributed by atoms with Crippen molar-refractivity contribution in [2.24, 2.45) is 5.73 Å². The van der Waals surface area contributed by atoms with Crippen LogP contribution in [0.2, 0.25) is 10.0 Å². The van der Waals surface area contributed by atoms with Gasteiger partial charge in [0, 0.05) is 12.5 Å². The van der Waals surface area contributed by atoms with Crippen molar-refractivity contribution in [3.8, 4) is 0 Å². The summed E-state index contributed by atoms with van der Waals surface area (Å²) in [6, 6.07) is 4.10. The van der Waals surface area contributed by atoms with E-state index < -0.39 is 24.7 Å². The number of benzene rings is 1. The van der Waals surface area contributed by atoms with Gasteiger partial charge >= 0.3 is 6.03 Å². The summed E-state index contributed by atoms with van der Waals surface area (Å²) in [5, 5.41) is 13.8. The Hall–Kier alpha value is -2.16. The molecule has 1 unspecified atom stereocenters. The van der Waals surface area contributed by atoms with Crippen LogP contribution in [0, 0.1) is 0 Å². The third-order valence-corrected chi connectivity index (χ3v) is 5.61. The van der Waals surface area contributed by atoms with Crippen molar-refractivity contribution < 1.29 is 14.3 Å². The number of anilines is 1. The van der Waals surface area contributed by atoms with Crippen molar-refractivity contribution in [3.05, 3.63) is 50.8 Å². The number of carbonyl (C=O) groups is 1. The van der Waals surface area contributed by atoms with Crippen molar-refractivity contribution in [1.29, 1.82) is 0 Å². The molecule has 2 heterocycles. The Kier molecular flexibility index (Phi) is 6.77. The van der Waals surface area contributed by atoms with Crippen LogP contribution in [0.3, 0.4) is 0 Å². The number of aromatic nitrogens is 2. The largest absolute Gasteiger partial charge is 0.395 e. The van der Waals surface area contributed by atoms with E-state index in [4.69, 9.17) is 28.9 Å². The Labute approximate surface area is 178 Å². The fourth-order valence-corrected chi connectivity index (χ4v) is 3.64. The molecule has 0 spiro atoms. The number of alkyl halides is 1. The van der Waals surface area contributed by atoms with Crippen molar-refractivity contribution in [2.75, 3.05) is 25.1 Å². The van der Waals surface area contributed by atoms with Crippen LogP contribution in [0.25, 0.3) is 0 Å². The Balaban J connectivity index is 2.09. The number of nitrogens with zero attached hydrogens (tertiary/aromatic N) is 3. The summed E-state index contributed by atoms with van der Waals surface area (Å²) in [4.78, 5) is 22.1. The molecule has 0 fully saturated rings. The van der Waals surface area contributed by atoms with Crippen molar-refractivity contribution >= 4 is 35.2 Å². The van der Waals surface area contributed by atoms with Gasteiger partial charge in [-0.15, -0.1) is 0 Å². The maximum absolute atomic E-state index is 13.0. The third-order valence-electron chi connectivity index (χ3n) is 4.87. The minimum Gasteiger partial charge on any atom is -0.395 e. The molecule has 156 valence electrons. The van der Waals surface area contributed by atoms with E-state index in [1.807, 2.05) is 0 Å². The van der Waals surface area contributed by atoms with Gasteiger partial charge in [-0.2, -0.15) is 0 Å². The van der Waals surface area contributed by atoms with E-state index in [-0.39, 0.29) is 19.1 Å². The molecule has 1 aromatic heterocycles. The fraction of sp³-hybridized carbons (Fsp3) is 0.421. The molecule has 0 bridgehead atoms. The zero-order chi connectivity index (χ0) is 21.1. The summed E-state index contributed by atoms with van der Waals surface area (Å²) in [5.41, 5.74) is 8.22. The summed E-state index contributed by atoms with van der Waals surface area (Å²) < 4.78 is 13.0. The average molecular weight is 442 g/mol. The van der Waals surface area contributed by atoms with E-state index in [9.17, 15) is 14.3 Å². The van der Waals surface area contributed by atoms with Crippen LogP contribution < -0.4 is 11.1 Å². The standard InChI is InChI=1S/C19H22Cl2FN5O2/c1-10(7-22)24-19-25-16-8-27(18(23)29)5-4-12(16)17(26-19)13(9-28)11-2-3-14(20)15(21)6-11/h2-3,6,10,13,28H,4-5,7-9H2,1H3,(H2,23,29)(H,24,25,26)/t10?,13-/m0/s1. The first-order valence-corrected chi connectivity index (χ1v) is 9.92. The molecule has 4 N–H and O–H groups in total. The second kappa shape index (κ2) is 9.11. The smallest absolute Gasteiger partial charge is 0.315 e. The highest BCUT2D eigenvalue weighted by molar-refractivity contribution is 6.42. The van der Waals surface area contributed by atoms with Crippen molar-refractivity contribution in [3.63, 3.8) is 0 Å². The highest BCUT2D eigenvalue weighted by Crippen LogP contribution is 2.33. The number of rotatable bonds is 6. The van der Waals surface area contributed by atoms with Crippen LogP contribution in [-0.4, -0.2) is 51.9 Å². The van der Waals surface area contributed by atoms with Gasteiger partial charge in [0.2, 0.25) is 5.95 Å². The molecule has 1 aromatic carbocycles. The zero-order valence-electron chi connectivity index (χ0n) is 15.8. The number of carbonyl (C=O) groups excluding carboxylic acids is 1. The van der Waals surface area contributed by atoms with Crippen LogP contribution in [0.5, 0.6) is 0 Å². The quantitative estimate of drug-likeness (QED) is 0.638. The second-order valence-electron chi connectivity index (χ2n) is 6.98. The number of nitrogens with one attached hydrogen (secondary N) is 1. The molecular formula is C19H22Cl2FN5O2. The van der Waals surface area contributed by atoms with Gasteiger partial charge in [-0.3, -0.25) is 0 Å². The molecular weight excluding hydrogens is 420 g/mol. The lowest BCUT2D eigenvalue weighted by atomic mass is 9.90. The van der Waals surface area contributed by atoms with Crippen molar-refractivity contribution in [2.45, 2.75) is 31.8 Å². The third kappa shape index (κ3) is 4.71. The minimum atomic E-state index is -0.598. The van der Waals surface area contributed by atoms with E-state index in [1.54, 1.807) is 25.1 Å². The van der Waals surface area contributed by atoms with Crippen LogP contribution in [0.1, 0.15) is 35.4 Å². The predicted molar refractivity (Wildman–Crippen MR) is 110 cm³/mol. The molecule has 0 saturated heterocycles. The van der Waals surface area contributed by atoms with Crippen LogP contribution in [0.15, 0.2) is 18.2 Å². The average Bonchev–Trinajstić information content (AvgIpc) is 2.70. The molecule has 7 nitrogen and oxygen atoms in total. The van der Waals surface area contributed by atoms with E-state index >= 15 is 0 Å². The molecule has 2 amide bonds. The first-order chi connectivity index (χ1) is 13.8. The van der Waals surface area contributed by atoms with E-state index in [0.29, 0.717) is 34.4 Å². The van der Waals surface area contributed by atoms with Gasteiger partial charge in [-0.25, -0.2) is 19.2 Å². The number of fused-ring (bicyclic) bond motifs is 1. The molecule has 2 atom stereocenters. The molecule has 10 heteroatoms. The van der Waals surface area contributed by atoms with Gasteiger partial charge in [-0.05, 0) is 36.6 Å². The Morgan fingerprint density at radius 2 is 2.14 bits per heavy atom. The zero-order valence-corrected chi connectivity index (χ0v) is 17.3. The Bertz CT molecular complexity index is 914. The maximum atomic E-state index is 13.0. The molecule has 3 rings (SSSR count). The summed E-state index contributed by atoms with van der Waals surface area (Å²) >= 11 is 12.2. The molecule has 2 aromatic rings. The first kappa shape index (κ1) is 21.5. The fourth-order valence-electron chi connectivity index (χ4n) is 3.34.